The van der Waals surface area contributed by atoms with Crippen LogP contribution in [-0.4, -0.2) is 25.3 Å². The first-order chi connectivity index (χ1) is 6.86. The molecule has 1 heterocycles. The van der Waals surface area contributed by atoms with Gasteiger partial charge in [-0.15, -0.1) is 6.58 Å². The summed E-state index contributed by atoms with van der Waals surface area (Å²) >= 11 is 0. The summed E-state index contributed by atoms with van der Waals surface area (Å²) in [6.45, 7) is 7.93. The van der Waals surface area contributed by atoms with E-state index in [2.05, 4.69) is 18.8 Å². The third kappa shape index (κ3) is 4.25. The van der Waals surface area contributed by atoms with E-state index in [4.69, 9.17) is 4.74 Å². The topological polar surface area (TPSA) is 21.3 Å². The van der Waals surface area contributed by atoms with Crippen LogP contribution in [0, 0.1) is 0 Å². The molecule has 0 aromatic rings. The smallest absolute Gasteiger partial charge is 0.0590 e. The van der Waals surface area contributed by atoms with Crippen LogP contribution >= 0.6 is 0 Å². The second-order valence-corrected chi connectivity index (χ2v) is 4.00. The Hall–Kier alpha value is -0.340. The van der Waals surface area contributed by atoms with E-state index in [-0.39, 0.29) is 0 Å². The van der Waals surface area contributed by atoms with Crippen molar-refractivity contribution in [1.82, 2.24) is 5.32 Å². The van der Waals surface area contributed by atoms with Crippen molar-refractivity contribution in [1.29, 1.82) is 0 Å². The number of nitrogens with one attached hydrogen (secondary N) is 1. The van der Waals surface area contributed by atoms with E-state index in [0.717, 1.165) is 26.0 Å². The third-order valence-electron chi connectivity index (χ3n) is 2.77. The quantitative estimate of drug-likeness (QED) is 0.661. The third-order valence-corrected chi connectivity index (χ3v) is 2.77. The number of hydrogen-bond acceptors (Lipinski definition) is 2. The van der Waals surface area contributed by atoms with Gasteiger partial charge < -0.3 is 10.1 Å². The van der Waals surface area contributed by atoms with Crippen molar-refractivity contribution in [3.05, 3.63) is 12.7 Å². The molecule has 0 aromatic heterocycles. The number of rotatable bonds is 6. The highest BCUT2D eigenvalue weighted by molar-refractivity contribution is 4.81. The Kier molecular flexibility index (Phi) is 5.88. The summed E-state index contributed by atoms with van der Waals surface area (Å²) in [6.07, 6.45) is 8.47. The van der Waals surface area contributed by atoms with Crippen LogP contribution in [0.1, 0.15) is 39.0 Å². The Morgan fingerprint density at radius 3 is 3.00 bits per heavy atom. The van der Waals surface area contributed by atoms with E-state index in [0.29, 0.717) is 12.1 Å². The SMILES string of the molecule is C=CCC(CC1CCCCO1)NCC. The Morgan fingerprint density at radius 1 is 1.57 bits per heavy atom. The molecule has 82 valence electrons. The van der Waals surface area contributed by atoms with Crippen molar-refractivity contribution in [2.75, 3.05) is 13.2 Å². The molecule has 1 saturated heterocycles. The van der Waals surface area contributed by atoms with Crippen molar-refractivity contribution in [3.63, 3.8) is 0 Å². The van der Waals surface area contributed by atoms with E-state index in [1.54, 1.807) is 0 Å². The van der Waals surface area contributed by atoms with Gasteiger partial charge in [0, 0.05) is 12.6 Å². The molecule has 1 aliphatic rings. The van der Waals surface area contributed by atoms with Crippen molar-refractivity contribution >= 4 is 0 Å². The minimum Gasteiger partial charge on any atom is -0.378 e. The van der Waals surface area contributed by atoms with Crippen LogP contribution < -0.4 is 5.32 Å². The van der Waals surface area contributed by atoms with Crippen LogP contribution in [0.3, 0.4) is 0 Å². The zero-order valence-electron chi connectivity index (χ0n) is 9.30. The molecule has 0 aromatic carbocycles. The summed E-state index contributed by atoms with van der Waals surface area (Å²) in [5.74, 6) is 0. The van der Waals surface area contributed by atoms with Crippen molar-refractivity contribution in [3.8, 4) is 0 Å². The molecule has 0 spiro atoms. The summed E-state index contributed by atoms with van der Waals surface area (Å²) in [5, 5.41) is 3.48. The molecule has 1 rings (SSSR count). The molecule has 0 saturated carbocycles. The molecule has 2 atom stereocenters. The van der Waals surface area contributed by atoms with Crippen LogP contribution in [0.2, 0.25) is 0 Å². The standard InChI is InChI=1S/C12H23NO/c1-3-7-11(13-4-2)10-12-8-5-6-9-14-12/h3,11-13H,1,4-10H2,2H3. The van der Waals surface area contributed by atoms with E-state index in [1.807, 2.05) is 6.08 Å². The Bertz CT molecular complexity index is 152. The van der Waals surface area contributed by atoms with Gasteiger partial charge in [-0.2, -0.15) is 0 Å². The van der Waals surface area contributed by atoms with Gasteiger partial charge in [0.1, 0.15) is 0 Å². The average Bonchev–Trinajstić information content (AvgIpc) is 2.20. The summed E-state index contributed by atoms with van der Waals surface area (Å²) in [7, 11) is 0. The first-order valence-corrected chi connectivity index (χ1v) is 5.82. The van der Waals surface area contributed by atoms with Crippen molar-refractivity contribution in [2.45, 2.75) is 51.2 Å². The van der Waals surface area contributed by atoms with Gasteiger partial charge in [-0.3, -0.25) is 0 Å². The van der Waals surface area contributed by atoms with Crippen LogP contribution in [0.5, 0.6) is 0 Å². The largest absolute Gasteiger partial charge is 0.378 e. The van der Waals surface area contributed by atoms with Gasteiger partial charge in [0.2, 0.25) is 0 Å². The molecule has 0 bridgehead atoms. The lowest BCUT2D eigenvalue weighted by Gasteiger charge is -2.26. The molecule has 1 aliphatic heterocycles. The monoisotopic (exact) mass is 197 g/mol. The molecule has 2 nitrogen and oxygen atoms in total. The zero-order chi connectivity index (χ0) is 10.2. The molecule has 1 fully saturated rings. The molecule has 2 unspecified atom stereocenters. The number of ether oxygens (including phenoxy) is 1. The molecule has 0 amide bonds. The van der Waals surface area contributed by atoms with Gasteiger partial charge in [0.15, 0.2) is 0 Å². The molecule has 0 aliphatic carbocycles. The lowest BCUT2D eigenvalue weighted by molar-refractivity contribution is 0.00551. The molecule has 14 heavy (non-hydrogen) atoms. The normalized spacial score (nSPS) is 24.5. The van der Waals surface area contributed by atoms with Crippen LogP contribution in [-0.2, 0) is 4.74 Å². The zero-order valence-corrected chi connectivity index (χ0v) is 9.30. The average molecular weight is 197 g/mol. The van der Waals surface area contributed by atoms with Gasteiger partial charge in [0.05, 0.1) is 6.10 Å². The maximum Gasteiger partial charge on any atom is 0.0590 e. The molecular formula is C12H23NO. The van der Waals surface area contributed by atoms with E-state index >= 15 is 0 Å². The van der Waals surface area contributed by atoms with Crippen molar-refractivity contribution < 1.29 is 4.74 Å². The first kappa shape index (κ1) is 11.7. The Balaban J connectivity index is 2.25. The van der Waals surface area contributed by atoms with Crippen molar-refractivity contribution in [2.24, 2.45) is 0 Å². The summed E-state index contributed by atoms with van der Waals surface area (Å²) < 4.78 is 5.73. The highest BCUT2D eigenvalue weighted by atomic mass is 16.5. The summed E-state index contributed by atoms with van der Waals surface area (Å²) in [6, 6.07) is 0.556. The van der Waals surface area contributed by atoms with E-state index in [9.17, 15) is 0 Å². The van der Waals surface area contributed by atoms with E-state index in [1.165, 1.54) is 19.3 Å². The fraction of sp³-hybridized carbons (Fsp3) is 0.833. The maximum absolute atomic E-state index is 5.73. The van der Waals surface area contributed by atoms with Gasteiger partial charge in [-0.25, -0.2) is 0 Å². The fourth-order valence-corrected chi connectivity index (χ4v) is 2.06. The predicted octanol–water partition coefficient (Wildman–Crippen LogP) is 2.50. The van der Waals surface area contributed by atoms with Gasteiger partial charge >= 0.3 is 0 Å². The molecular weight excluding hydrogens is 174 g/mol. The molecule has 2 heteroatoms. The van der Waals surface area contributed by atoms with Gasteiger partial charge in [0.25, 0.3) is 0 Å². The van der Waals surface area contributed by atoms with Gasteiger partial charge in [-0.05, 0) is 38.6 Å². The summed E-state index contributed by atoms with van der Waals surface area (Å²) in [5.41, 5.74) is 0. The summed E-state index contributed by atoms with van der Waals surface area (Å²) in [4.78, 5) is 0. The molecule has 0 radical (unpaired) electrons. The Labute approximate surface area is 87.7 Å². The van der Waals surface area contributed by atoms with Crippen LogP contribution in [0.15, 0.2) is 12.7 Å². The minimum absolute atomic E-state index is 0.479. The van der Waals surface area contributed by atoms with Gasteiger partial charge in [-0.1, -0.05) is 13.0 Å². The fourth-order valence-electron chi connectivity index (χ4n) is 2.06. The van der Waals surface area contributed by atoms with Crippen LogP contribution in [0.25, 0.3) is 0 Å². The van der Waals surface area contributed by atoms with E-state index < -0.39 is 0 Å². The minimum atomic E-state index is 0.479. The lowest BCUT2D eigenvalue weighted by atomic mass is 10.00. The maximum atomic E-state index is 5.73. The highest BCUT2D eigenvalue weighted by Gasteiger charge is 2.17. The second-order valence-electron chi connectivity index (χ2n) is 4.00. The van der Waals surface area contributed by atoms with Crippen LogP contribution in [0.4, 0.5) is 0 Å². The Morgan fingerprint density at radius 2 is 2.43 bits per heavy atom. The highest BCUT2D eigenvalue weighted by Crippen LogP contribution is 2.18. The lowest BCUT2D eigenvalue weighted by Crippen LogP contribution is -2.34. The number of hydrogen-bond donors (Lipinski definition) is 1. The molecule has 1 N–H and O–H groups in total. The second kappa shape index (κ2) is 7.02. The first-order valence-electron chi connectivity index (χ1n) is 5.82. The predicted molar refractivity (Wildman–Crippen MR) is 60.5 cm³/mol.